The zero-order chi connectivity index (χ0) is 22.2. The molecule has 8 nitrogen and oxygen atoms in total. The molecule has 1 amide bonds. The minimum Gasteiger partial charge on any atom is -0.470 e. The number of likely N-dealkylation sites (tertiary alicyclic amines) is 1. The summed E-state index contributed by atoms with van der Waals surface area (Å²) in [4.78, 5) is 26.2. The fourth-order valence-electron chi connectivity index (χ4n) is 3.39. The Balaban J connectivity index is 1.55. The van der Waals surface area contributed by atoms with Crippen LogP contribution in [0.15, 0.2) is 11.4 Å². The van der Waals surface area contributed by atoms with Gasteiger partial charge in [0.05, 0.1) is 21.6 Å². The average Bonchev–Trinajstić information content (AvgIpc) is 3.14. The summed E-state index contributed by atoms with van der Waals surface area (Å²) in [6.07, 6.45) is -0.592. The molecule has 4 rings (SSSR count). The van der Waals surface area contributed by atoms with Crippen LogP contribution in [-0.4, -0.2) is 64.2 Å². The highest BCUT2D eigenvalue weighted by Crippen LogP contribution is 2.34. The van der Waals surface area contributed by atoms with Crippen LogP contribution in [0.1, 0.15) is 32.7 Å². The number of carbonyl (C=O) groups excluding carboxylic acids is 1. The zero-order valence-corrected chi connectivity index (χ0v) is 17.5. The highest BCUT2D eigenvalue weighted by Gasteiger charge is 2.35. The van der Waals surface area contributed by atoms with E-state index in [1.54, 1.807) is 0 Å². The smallest absolute Gasteiger partial charge is 0.409 e. The lowest BCUT2D eigenvalue weighted by Gasteiger charge is -2.37. The Kier molecular flexibility index (Phi) is 5.36. The third-order valence-electron chi connectivity index (χ3n) is 5.08. The van der Waals surface area contributed by atoms with Crippen molar-refractivity contribution in [2.24, 2.45) is 0 Å². The topological polar surface area (TPSA) is 89.5 Å². The van der Waals surface area contributed by atoms with Gasteiger partial charge in [-0.25, -0.2) is 23.5 Å². The summed E-state index contributed by atoms with van der Waals surface area (Å²) in [6.45, 7) is 2.50. The number of hydrogen-bond acceptors (Lipinski definition) is 8. The molecule has 3 heterocycles. The molecule has 162 valence electrons. The molecule has 1 saturated carbocycles. The van der Waals surface area contributed by atoms with Crippen LogP contribution in [0.5, 0.6) is 5.88 Å². The molecule has 1 N–H and O–H groups in total. The first-order valence-electron chi connectivity index (χ1n) is 10.2. The second kappa shape index (κ2) is 8.29. The van der Waals surface area contributed by atoms with E-state index in [0.717, 1.165) is 5.69 Å². The lowest BCUT2D eigenvalue weighted by Crippen LogP contribution is -2.56. The Morgan fingerprint density at radius 1 is 1.33 bits per heavy atom. The van der Waals surface area contributed by atoms with Crippen LogP contribution >= 0.6 is 11.3 Å². The van der Waals surface area contributed by atoms with Crippen molar-refractivity contribution in [2.45, 2.75) is 50.7 Å². The molecule has 1 aliphatic heterocycles. The lowest BCUT2D eigenvalue weighted by atomic mass is 9.92. The Bertz CT molecular complexity index is 960. The number of rotatable bonds is 5. The lowest BCUT2D eigenvalue weighted by molar-refractivity contribution is -0.0361. The van der Waals surface area contributed by atoms with Gasteiger partial charge in [-0.15, -0.1) is 11.3 Å². The van der Waals surface area contributed by atoms with Crippen molar-refractivity contribution in [3.8, 4) is 16.7 Å². The maximum absolute atomic E-state index is 13.5. The molecular weight excluding hydrogens is 416 g/mol. The van der Waals surface area contributed by atoms with Crippen LogP contribution in [0.4, 0.5) is 19.4 Å². The van der Waals surface area contributed by atoms with Gasteiger partial charge in [0.25, 0.3) is 0 Å². The molecule has 0 atom stereocenters. The van der Waals surface area contributed by atoms with Crippen molar-refractivity contribution in [1.29, 1.82) is 0 Å². The second-order valence-corrected chi connectivity index (χ2v) is 8.37. The van der Waals surface area contributed by atoms with Crippen molar-refractivity contribution >= 4 is 23.2 Å². The number of nitrogens with one attached hydrogen (secondary N) is 1. The summed E-state index contributed by atoms with van der Waals surface area (Å²) < 4.78 is 46.0. The fourth-order valence-corrected chi connectivity index (χ4v) is 4.12. The Morgan fingerprint density at radius 3 is 2.70 bits per heavy atom. The van der Waals surface area contributed by atoms with E-state index in [1.807, 2.05) is 12.3 Å². The third-order valence-corrected chi connectivity index (χ3v) is 6.03. The number of methoxy groups -OCH3 is 1. The Morgan fingerprint density at radius 2 is 2.07 bits per heavy atom. The molecule has 1 saturated heterocycles. The Labute approximate surface area is 178 Å². The number of thiazole rings is 1. The minimum absolute atomic E-state index is 0.0501. The van der Waals surface area contributed by atoms with Gasteiger partial charge in [-0.05, 0) is 19.8 Å². The average molecular weight is 440 g/mol. The number of amides is 1. The van der Waals surface area contributed by atoms with E-state index in [1.165, 1.54) is 23.3 Å². The molecular formula is C19H23F2N5O3S. The van der Waals surface area contributed by atoms with E-state index >= 15 is 0 Å². The van der Waals surface area contributed by atoms with Crippen LogP contribution < -0.4 is 10.1 Å². The molecule has 2 aliphatic rings. The molecule has 0 radical (unpaired) electrons. The standard InChI is InChI=1S/C19H23F2N5O3S/c1-11-10-30-17(22-11)16-24-14(23-12-3-5-19(20,21)6-4-12)7-15(25-16)29-13-8-26(9-13)18(27)28-2/h7,10,12-13H,3-6,8-9H2,1-2H3,(H,23,24,25)/i7D. The number of hydrogen-bond donors (Lipinski definition) is 1. The third kappa shape index (κ3) is 4.77. The van der Waals surface area contributed by atoms with Gasteiger partial charge in [-0.1, -0.05) is 0 Å². The highest BCUT2D eigenvalue weighted by molar-refractivity contribution is 7.13. The van der Waals surface area contributed by atoms with E-state index in [0.29, 0.717) is 23.9 Å². The number of alkyl halides is 2. The molecule has 0 aromatic carbocycles. The number of aryl methyl sites for hydroxylation is 1. The van der Waals surface area contributed by atoms with Gasteiger partial charge in [0, 0.05) is 36.0 Å². The van der Waals surface area contributed by atoms with Crippen molar-refractivity contribution in [2.75, 3.05) is 25.5 Å². The number of nitrogens with zero attached hydrogens (tertiary/aromatic N) is 4. The number of carbonyl (C=O) groups is 1. The monoisotopic (exact) mass is 440 g/mol. The van der Waals surface area contributed by atoms with Crippen LogP contribution in [0.2, 0.25) is 0 Å². The molecule has 30 heavy (non-hydrogen) atoms. The molecule has 0 spiro atoms. The number of ether oxygens (including phenoxy) is 2. The van der Waals surface area contributed by atoms with Crippen LogP contribution in [0, 0.1) is 6.92 Å². The molecule has 11 heteroatoms. The number of halogens is 2. The Hall–Kier alpha value is -2.56. The zero-order valence-electron chi connectivity index (χ0n) is 17.7. The second-order valence-electron chi connectivity index (χ2n) is 7.51. The summed E-state index contributed by atoms with van der Waals surface area (Å²) in [5.41, 5.74) is 0.817. The molecule has 2 fully saturated rings. The number of anilines is 1. The quantitative estimate of drug-likeness (QED) is 0.758. The summed E-state index contributed by atoms with van der Waals surface area (Å²) in [5, 5.41) is 5.57. The van der Waals surface area contributed by atoms with Crippen molar-refractivity contribution < 1.29 is 24.4 Å². The normalized spacial score (nSPS) is 19.7. The van der Waals surface area contributed by atoms with Crippen LogP contribution in [0.25, 0.3) is 10.8 Å². The van der Waals surface area contributed by atoms with Gasteiger partial charge >= 0.3 is 6.09 Å². The maximum atomic E-state index is 13.5. The molecule has 2 aromatic heterocycles. The van der Waals surface area contributed by atoms with E-state index in [9.17, 15) is 13.6 Å². The fraction of sp³-hybridized carbons (Fsp3) is 0.579. The summed E-state index contributed by atoms with van der Waals surface area (Å²) >= 11 is 1.37. The predicted octanol–water partition coefficient (Wildman–Crippen LogP) is 3.73. The highest BCUT2D eigenvalue weighted by atomic mass is 32.1. The predicted molar refractivity (Wildman–Crippen MR) is 107 cm³/mol. The molecule has 2 aromatic rings. The summed E-state index contributed by atoms with van der Waals surface area (Å²) in [7, 11) is 1.31. The van der Waals surface area contributed by atoms with E-state index in [2.05, 4.69) is 25.0 Å². The summed E-state index contributed by atoms with van der Waals surface area (Å²) in [6, 6.07) is -0.262. The summed E-state index contributed by atoms with van der Waals surface area (Å²) in [5.74, 6) is -2.04. The molecule has 0 bridgehead atoms. The molecule has 0 unspecified atom stereocenters. The van der Waals surface area contributed by atoms with Gasteiger partial charge in [0.15, 0.2) is 10.8 Å². The van der Waals surface area contributed by atoms with Crippen molar-refractivity contribution in [3.63, 3.8) is 0 Å². The van der Waals surface area contributed by atoms with E-state index in [-0.39, 0.29) is 55.6 Å². The van der Waals surface area contributed by atoms with Gasteiger partial charge in [-0.3, -0.25) is 0 Å². The van der Waals surface area contributed by atoms with Crippen molar-refractivity contribution in [3.05, 3.63) is 17.1 Å². The first-order chi connectivity index (χ1) is 14.7. The van der Waals surface area contributed by atoms with Crippen molar-refractivity contribution in [1.82, 2.24) is 19.9 Å². The number of aromatic nitrogens is 3. The van der Waals surface area contributed by atoms with E-state index < -0.39 is 12.0 Å². The maximum Gasteiger partial charge on any atom is 0.409 e. The van der Waals surface area contributed by atoms with Gasteiger partial charge in [0.1, 0.15) is 11.9 Å². The SMILES string of the molecule is [2H]c1c(NC2CCC(F)(F)CC2)nc(-c2nc(C)cs2)nc1OC1CN(C(=O)OC)C1. The largest absolute Gasteiger partial charge is 0.470 e. The minimum atomic E-state index is -2.64. The van der Waals surface area contributed by atoms with Gasteiger partial charge in [-0.2, -0.15) is 4.98 Å². The van der Waals surface area contributed by atoms with Gasteiger partial charge in [0.2, 0.25) is 11.8 Å². The van der Waals surface area contributed by atoms with Gasteiger partial charge < -0.3 is 19.7 Å². The van der Waals surface area contributed by atoms with E-state index in [4.69, 9.17) is 6.11 Å². The van der Waals surface area contributed by atoms with Crippen LogP contribution in [0.3, 0.4) is 0 Å². The molecule has 1 aliphatic carbocycles. The van der Waals surface area contributed by atoms with Crippen LogP contribution in [-0.2, 0) is 4.74 Å². The first kappa shape index (κ1) is 19.4. The first-order valence-corrected chi connectivity index (χ1v) is 10.6.